The maximum atomic E-state index is 11.3. The molecule has 0 aliphatic carbocycles. The minimum absolute atomic E-state index is 0.0523. The number of nitrogens with zero attached hydrogens (tertiary/aromatic N) is 1. The van der Waals surface area contributed by atoms with Crippen molar-refractivity contribution in [2.45, 2.75) is 17.7 Å². The lowest BCUT2D eigenvalue weighted by Crippen LogP contribution is -2.44. The molecular formula is C7H10ClNO3S. The van der Waals surface area contributed by atoms with Crippen LogP contribution < -0.4 is 0 Å². The molecule has 0 aromatic rings. The van der Waals surface area contributed by atoms with E-state index in [4.69, 9.17) is 11.6 Å². The molecule has 2 atom stereocenters. The number of hydrogen-bond donors (Lipinski definition) is 0. The number of likely N-dealkylation sites (tertiary alicyclic amines) is 1. The van der Waals surface area contributed by atoms with Crippen molar-refractivity contribution in [1.82, 2.24) is 4.90 Å². The molecule has 2 rings (SSSR count). The van der Waals surface area contributed by atoms with E-state index in [2.05, 4.69) is 0 Å². The van der Waals surface area contributed by atoms with E-state index < -0.39 is 9.84 Å². The van der Waals surface area contributed by atoms with Crippen LogP contribution in [0.5, 0.6) is 0 Å². The van der Waals surface area contributed by atoms with Gasteiger partial charge in [-0.15, -0.1) is 11.6 Å². The van der Waals surface area contributed by atoms with E-state index in [-0.39, 0.29) is 28.8 Å². The first-order chi connectivity index (χ1) is 6.04. The second kappa shape index (κ2) is 2.85. The van der Waals surface area contributed by atoms with E-state index in [1.54, 1.807) is 4.90 Å². The van der Waals surface area contributed by atoms with Gasteiger partial charge in [0.25, 0.3) is 0 Å². The molecule has 1 amide bonds. The highest BCUT2D eigenvalue weighted by Gasteiger charge is 2.49. The van der Waals surface area contributed by atoms with Gasteiger partial charge in [0.05, 0.1) is 11.0 Å². The van der Waals surface area contributed by atoms with Crippen molar-refractivity contribution < 1.29 is 13.2 Å². The molecule has 0 saturated carbocycles. The van der Waals surface area contributed by atoms with Crippen LogP contribution in [0.25, 0.3) is 0 Å². The van der Waals surface area contributed by atoms with Gasteiger partial charge >= 0.3 is 0 Å². The molecule has 2 heterocycles. The summed E-state index contributed by atoms with van der Waals surface area (Å²) in [4.78, 5) is 12.8. The van der Waals surface area contributed by atoms with Gasteiger partial charge < -0.3 is 4.90 Å². The molecule has 2 bridgehead atoms. The summed E-state index contributed by atoms with van der Waals surface area (Å²) in [5.74, 6) is -0.0760. The zero-order chi connectivity index (χ0) is 9.64. The van der Waals surface area contributed by atoms with Gasteiger partial charge in [-0.3, -0.25) is 4.79 Å². The van der Waals surface area contributed by atoms with Gasteiger partial charge in [0.2, 0.25) is 5.91 Å². The highest BCUT2D eigenvalue weighted by atomic mass is 35.5. The third kappa shape index (κ3) is 1.34. The Kier molecular flexibility index (Phi) is 2.03. The van der Waals surface area contributed by atoms with Gasteiger partial charge in [0, 0.05) is 12.6 Å². The van der Waals surface area contributed by atoms with Crippen molar-refractivity contribution in [3.05, 3.63) is 0 Å². The average Bonchev–Trinajstić information content (AvgIpc) is 2.57. The van der Waals surface area contributed by atoms with Gasteiger partial charge in [0.1, 0.15) is 5.88 Å². The number of rotatable bonds is 1. The molecule has 2 unspecified atom stereocenters. The van der Waals surface area contributed by atoms with Crippen LogP contribution in [0.2, 0.25) is 0 Å². The minimum atomic E-state index is -2.90. The minimum Gasteiger partial charge on any atom is -0.336 e. The fourth-order valence-corrected chi connectivity index (χ4v) is 4.26. The summed E-state index contributed by atoms with van der Waals surface area (Å²) in [6.07, 6.45) is 0.602. The number of amides is 1. The maximum absolute atomic E-state index is 11.3. The lowest BCUT2D eigenvalue weighted by molar-refractivity contribution is -0.128. The fourth-order valence-electron chi connectivity index (χ4n) is 2.08. The predicted octanol–water partition coefficient (Wildman–Crippen LogP) is -0.377. The molecule has 4 nitrogen and oxygen atoms in total. The number of hydrogen-bond acceptors (Lipinski definition) is 3. The first kappa shape index (κ1) is 9.27. The first-order valence-corrected chi connectivity index (χ1v) is 6.36. The molecule has 2 fully saturated rings. The molecule has 6 heteroatoms. The van der Waals surface area contributed by atoms with E-state index >= 15 is 0 Å². The Morgan fingerprint density at radius 1 is 1.54 bits per heavy atom. The van der Waals surface area contributed by atoms with Crippen LogP contribution in [0.15, 0.2) is 0 Å². The molecule has 74 valence electrons. The predicted molar refractivity (Wildman–Crippen MR) is 48.4 cm³/mol. The summed E-state index contributed by atoms with van der Waals surface area (Å²) >= 11 is 5.40. The standard InChI is InChI=1S/C7H10ClNO3S/c8-2-7(10)9-3-6-1-5(9)4-13(6,11)12/h5-6H,1-4H2. The van der Waals surface area contributed by atoms with E-state index in [0.29, 0.717) is 13.0 Å². The van der Waals surface area contributed by atoms with E-state index in [1.807, 2.05) is 0 Å². The maximum Gasteiger partial charge on any atom is 0.237 e. The van der Waals surface area contributed by atoms with Crippen molar-refractivity contribution in [3.8, 4) is 0 Å². The van der Waals surface area contributed by atoms with Crippen LogP contribution in [0.4, 0.5) is 0 Å². The van der Waals surface area contributed by atoms with Gasteiger partial charge in [0.15, 0.2) is 9.84 Å². The van der Waals surface area contributed by atoms with Gasteiger partial charge in [-0.2, -0.15) is 0 Å². The Bertz CT molecular complexity index is 340. The molecule has 2 saturated heterocycles. The van der Waals surface area contributed by atoms with Gasteiger partial charge in [-0.25, -0.2) is 8.42 Å². The monoisotopic (exact) mass is 223 g/mol. The normalized spacial score (nSPS) is 35.3. The molecule has 0 spiro atoms. The molecule has 0 N–H and O–H groups in total. The van der Waals surface area contributed by atoms with Crippen LogP contribution in [0.1, 0.15) is 6.42 Å². The number of halogens is 1. The zero-order valence-corrected chi connectivity index (χ0v) is 8.51. The van der Waals surface area contributed by atoms with Crippen LogP contribution in [-0.4, -0.2) is 48.7 Å². The van der Waals surface area contributed by atoms with E-state index in [9.17, 15) is 13.2 Å². The Morgan fingerprint density at radius 2 is 2.23 bits per heavy atom. The third-order valence-corrected chi connectivity index (χ3v) is 5.18. The number of alkyl halides is 1. The molecule has 2 aliphatic heterocycles. The highest BCUT2D eigenvalue weighted by molar-refractivity contribution is 7.92. The smallest absolute Gasteiger partial charge is 0.237 e. The molecular weight excluding hydrogens is 214 g/mol. The summed E-state index contributed by atoms with van der Waals surface area (Å²) in [6, 6.07) is -0.110. The van der Waals surface area contributed by atoms with E-state index in [0.717, 1.165) is 0 Å². The zero-order valence-electron chi connectivity index (χ0n) is 6.94. The topological polar surface area (TPSA) is 54.5 Å². The van der Waals surface area contributed by atoms with Crippen molar-refractivity contribution in [3.63, 3.8) is 0 Å². The first-order valence-electron chi connectivity index (χ1n) is 4.11. The molecule has 0 aromatic heterocycles. The summed E-state index contributed by atoms with van der Waals surface area (Å²) in [5, 5.41) is -0.329. The second-order valence-corrected chi connectivity index (χ2v) is 6.11. The largest absolute Gasteiger partial charge is 0.336 e. The number of carbonyl (C=O) groups excluding carboxylic acids is 1. The Hall–Kier alpha value is -0.290. The summed E-state index contributed by atoms with van der Waals surface area (Å²) < 4.78 is 22.6. The van der Waals surface area contributed by atoms with Crippen LogP contribution in [0, 0.1) is 0 Å². The number of fused-ring (bicyclic) bond motifs is 2. The van der Waals surface area contributed by atoms with Crippen molar-refractivity contribution >= 4 is 27.3 Å². The van der Waals surface area contributed by atoms with Crippen LogP contribution in [-0.2, 0) is 14.6 Å². The number of sulfone groups is 1. The third-order valence-electron chi connectivity index (χ3n) is 2.74. The van der Waals surface area contributed by atoms with Crippen molar-refractivity contribution in [1.29, 1.82) is 0 Å². The summed E-state index contributed by atoms with van der Waals surface area (Å²) in [7, 11) is -2.90. The van der Waals surface area contributed by atoms with Gasteiger partial charge in [-0.05, 0) is 6.42 Å². The summed E-state index contributed by atoms with van der Waals surface area (Å²) in [6.45, 7) is 0.346. The van der Waals surface area contributed by atoms with Crippen molar-refractivity contribution in [2.75, 3.05) is 18.2 Å². The van der Waals surface area contributed by atoms with Crippen LogP contribution in [0.3, 0.4) is 0 Å². The van der Waals surface area contributed by atoms with Gasteiger partial charge in [-0.1, -0.05) is 0 Å². The Labute approximate surface area is 81.8 Å². The Morgan fingerprint density at radius 3 is 2.62 bits per heavy atom. The SMILES string of the molecule is O=C(CCl)N1CC2CC1CS2(=O)=O. The Balaban J connectivity index is 2.16. The number of carbonyl (C=O) groups is 1. The summed E-state index contributed by atoms with van der Waals surface area (Å²) in [5.41, 5.74) is 0. The average molecular weight is 224 g/mol. The highest BCUT2D eigenvalue weighted by Crippen LogP contribution is 2.32. The lowest BCUT2D eigenvalue weighted by Gasteiger charge is -2.25. The molecule has 0 aromatic carbocycles. The van der Waals surface area contributed by atoms with Crippen molar-refractivity contribution in [2.24, 2.45) is 0 Å². The molecule has 2 aliphatic rings. The molecule has 0 radical (unpaired) electrons. The fraction of sp³-hybridized carbons (Fsp3) is 0.857. The molecule has 13 heavy (non-hydrogen) atoms. The second-order valence-electron chi connectivity index (χ2n) is 3.52. The van der Waals surface area contributed by atoms with E-state index in [1.165, 1.54) is 0 Å². The van der Waals surface area contributed by atoms with Crippen LogP contribution >= 0.6 is 11.6 Å². The quantitative estimate of drug-likeness (QED) is 0.570. The lowest BCUT2D eigenvalue weighted by atomic mass is 10.2.